The standard InChI is InChI=1S/C20H22N4O2/c1-15-11-24-12-16(7-8-19(24)22-15)20(25)23-10-4-6-18(13-23)26-14-17-5-2-3-9-21-17/h2-3,5,7-9,11-12,18H,4,6,10,13-14H2,1H3/t18-/m1/s1. The van der Waals surface area contributed by atoms with Gasteiger partial charge in [-0.3, -0.25) is 9.78 Å². The van der Waals surface area contributed by atoms with Crippen molar-refractivity contribution >= 4 is 11.6 Å². The van der Waals surface area contributed by atoms with Gasteiger partial charge in [-0.1, -0.05) is 6.07 Å². The first kappa shape index (κ1) is 16.7. The van der Waals surface area contributed by atoms with Crippen molar-refractivity contribution in [2.24, 2.45) is 0 Å². The smallest absolute Gasteiger partial charge is 0.255 e. The average Bonchev–Trinajstić information content (AvgIpc) is 3.06. The molecule has 0 N–H and O–H groups in total. The number of rotatable bonds is 4. The van der Waals surface area contributed by atoms with Gasteiger partial charge in [-0.05, 0) is 44.0 Å². The van der Waals surface area contributed by atoms with E-state index in [9.17, 15) is 4.79 Å². The molecule has 134 valence electrons. The van der Waals surface area contributed by atoms with Crippen molar-refractivity contribution in [1.82, 2.24) is 19.3 Å². The summed E-state index contributed by atoms with van der Waals surface area (Å²) in [5.74, 6) is 0.0457. The first-order valence-electron chi connectivity index (χ1n) is 8.95. The number of aromatic nitrogens is 3. The zero-order valence-electron chi connectivity index (χ0n) is 14.8. The topological polar surface area (TPSA) is 59.7 Å². The van der Waals surface area contributed by atoms with Gasteiger partial charge in [-0.25, -0.2) is 4.98 Å². The fourth-order valence-electron chi connectivity index (χ4n) is 3.37. The summed E-state index contributed by atoms with van der Waals surface area (Å²) in [6.07, 6.45) is 7.52. The Labute approximate surface area is 152 Å². The second-order valence-electron chi connectivity index (χ2n) is 6.71. The number of imidazole rings is 1. The molecule has 6 nitrogen and oxygen atoms in total. The minimum atomic E-state index is 0.0457. The number of aryl methyl sites for hydroxylation is 1. The van der Waals surface area contributed by atoms with Crippen LogP contribution in [0.4, 0.5) is 0 Å². The molecule has 1 atom stereocenters. The average molecular weight is 350 g/mol. The van der Waals surface area contributed by atoms with E-state index in [1.54, 1.807) is 6.20 Å². The monoisotopic (exact) mass is 350 g/mol. The van der Waals surface area contributed by atoms with E-state index in [4.69, 9.17) is 4.74 Å². The highest BCUT2D eigenvalue weighted by molar-refractivity contribution is 5.94. The second-order valence-corrected chi connectivity index (χ2v) is 6.71. The summed E-state index contributed by atoms with van der Waals surface area (Å²) in [4.78, 5) is 23.5. The number of hydrogen-bond donors (Lipinski definition) is 0. The Morgan fingerprint density at radius 3 is 3.04 bits per heavy atom. The van der Waals surface area contributed by atoms with Crippen LogP contribution < -0.4 is 0 Å². The zero-order chi connectivity index (χ0) is 17.9. The molecule has 4 rings (SSSR count). The molecule has 3 aromatic heterocycles. The molecule has 0 radical (unpaired) electrons. The number of hydrogen-bond acceptors (Lipinski definition) is 4. The summed E-state index contributed by atoms with van der Waals surface area (Å²) in [6.45, 7) is 3.81. The number of carbonyl (C=O) groups is 1. The van der Waals surface area contributed by atoms with Gasteiger partial charge in [0, 0.05) is 31.7 Å². The quantitative estimate of drug-likeness (QED) is 0.726. The van der Waals surface area contributed by atoms with Gasteiger partial charge in [0.15, 0.2) is 0 Å². The van der Waals surface area contributed by atoms with Crippen molar-refractivity contribution in [2.45, 2.75) is 32.5 Å². The Hall–Kier alpha value is -2.73. The van der Waals surface area contributed by atoms with E-state index >= 15 is 0 Å². The van der Waals surface area contributed by atoms with Crippen LogP contribution >= 0.6 is 0 Å². The van der Waals surface area contributed by atoms with Crippen molar-refractivity contribution < 1.29 is 9.53 Å². The fourth-order valence-corrected chi connectivity index (χ4v) is 3.37. The van der Waals surface area contributed by atoms with Crippen molar-refractivity contribution in [2.75, 3.05) is 13.1 Å². The third-order valence-electron chi connectivity index (χ3n) is 4.68. The highest BCUT2D eigenvalue weighted by atomic mass is 16.5. The van der Waals surface area contributed by atoms with E-state index in [1.165, 1.54) is 0 Å². The lowest BCUT2D eigenvalue weighted by Crippen LogP contribution is -2.43. The van der Waals surface area contributed by atoms with Gasteiger partial charge < -0.3 is 14.0 Å². The first-order valence-corrected chi connectivity index (χ1v) is 8.95. The van der Waals surface area contributed by atoms with Crippen LogP contribution in [0.15, 0.2) is 48.9 Å². The van der Waals surface area contributed by atoms with E-state index in [1.807, 2.05) is 58.9 Å². The van der Waals surface area contributed by atoms with Gasteiger partial charge in [0.2, 0.25) is 0 Å². The van der Waals surface area contributed by atoms with E-state index in [0.29, 0.717) is 18.7 Å². The maximum absolute atomic E-state index is 12.9. The summed E-state index contributed by atoms with van der Waals surface area (Å²) in [7, 11) is 0. The van der Waals surface area contributed by atoms with E-state index in [0.717, 1.165) is 36.4 Å². The minimum absolute atomic E-state index is 0.0457. The molecule has 0 bridgehead atoms. The molecule has 1 saturated heterocycles. The molecule has 1 amide bonds. The number of nitrogens with zero attached hydrogens (tertiary/aromatic N) is 4. The summed E-state index contributed by atoms with van der Waals surface area (Å²) in [6, 6.07) is 9.54. The highest BCUT2D eigenvalue weighted by Gasteiger charge is 2.25. The molecule has 4 heterocycles. The molecule has 1 fully saturated rings. The fraction of sp³-hybridized carbons (Fsp3) is 0.350. The molecule has 3 aromatic rings. The molecule has 1 aliphatic heterocycles. The molecular formula is C20H22N4O2. The van der Waals surface area contributed by atoms with Crippen LogP contribution in [0.1, 0.15) is 34.6 Å². The molecular weight excluding hydrogens is 328 g/mol. The summed E-state index contributed by atoms with van der Waals surface area (Å²) in [5.41, 5.74) is 3.39. The second kappa shape index (κ2) is 7.25. The molecule has 0 aliphatic carbocycles. The van der Waals surface area contributed by atoms with Crippen molar-refractivity contribution in [1.29, 1.82) is 0 Å². The zero-order valence-corrected chi connectivity index (χ0v) is 14.8. The molecule has 0 saturated carbocycles. The Morgan fingerprint density at radius 2 is 2.19 bits per heavy atom. The van der Waals surface area contributed by atoms with Gasteiger partial charge in [0.1, 0.15) is 5.65 Å². The van der Waals surface area contributed by atoms with Crippen LogP contribution in [0.25, 0.3) is 5.65 Å². The molecule has 0 spiro atoms. The van der Waals surface area contributed by atoms with Crippen LogP contribution in [0.5, 0.6) is 0 Å². The molecule has 0 aromatic carbocycles. The Kier molecular flexibility index (Phi) is 4.67. The van der Waals surface area contributed by atoms with Crippen molar-refractivity contribution in [3.8, 4) is 0 Å². The largest absolute Gasteiger partial charge is 0.370 e. The number of ether oxygens (including phenoxy) is 1. The van der Waals surface area contributed by atoms with E-state index in [-0.39, 0.29) is 12.0 Å². The summed E-state index contributed by atoms with van der Waals surface area (Å²) in [5, 5.41) is 0. The van der Waals surface area contributed by atoms with Crippen LogP contribution in [0.2, 0.25) is 0 Å². The lowest BCUT2D eigenvalue weighted by molar-refractivity contribution is -0.00786. The normalized spacial score (nSPS) is 17.6. The van der Waals surface area contributed by atoms with Crippen LogP contribution in [-0.4, -0.2) is 44.4 Å². The van der Waals surface area contributed by atoms with Crippen molar-refractivity contribution in [3.63, 3.8) is 0 Å². The number of piperidine rings is 1. The van der Waals surface area contributed by atoms with Gasteiger partial charge >= 0.3 is 0 Å². The lowest BCUT2D eigenvalue weighted by Gasteiger charge is -2.32. The third kappa shape index (κ3) is 3.60. The SMILES string of the molecule is Cc1cn2cc(C(=O)N3CCC[C@@H](OCc4ccccn4)C3)ccc2n1. The van der Waals surface area contributed by atoms with Crippen LogP contribution in [-0.2, 0) is 11.3 Å². The Balaban J connectivity index is 1.41. The number of likely N-dealkylation sites (tertiary alicyclic amines) is 1. The predicted octanol–water partition coefficient (Wildman–Crippen LogP) is 2.86. The summed E-state index contributed by atoms with van der Waals surface area (Å²) >= 11 is 0. The highest BCUT2D eigenvalue weighted by Crippen LogP contribution is 2.18. The Bertz CT molecular complexity index is 907. The van der Waals surface area contributed by atoms with E-state index < -0.39 is 0 Å². The number of fused-ring (bicyclic) bond motifs is 1. The van der Waals surface area contributed by atoms with Crippen LogP contribution in [0.3, 0.4) is 0 Å². The first-order chi connectivity index (χ1) is 12.7. The summed E-state index contributed by atoms with van der Waals surface area (Å²) < 4.78 is 7.89. The van der Waals surface area contributed by atoms with Crippen molar-refractivity contribution in [3.05, 3.63) is 65.9 Å². The number of carbonyl (C=O) groups excluding carboxylic acids is 1. The maximum atomic E-state index is 12.9. The molecule has 1 aliphatic rings. The molecule has 26 heavy (non-hydrogen) atoms. The van der Waals surface area contributed by atoms with Gasteiger partial charge in [0.05, 0.1) is 29.7 Å². The van der Waals surface area contributed by atoms with Gasteiger partial charge in [-0.2, -0.15) is 0 Å². The predicted molar refractivity (Wildman–Crippen MR) is 97.9 cm³/mol. The lowest BCUT2D eigenvalue weighted by atomic mass is 10.1. The molecule has 6 heteroatoms. The number of pyridine rings is 2. The number of amides is 1. The third-order valence-corrected chi connectivity index (χ3v) is 4.68. The van der Waals surface area contributed by atoms with E-state index in [2.05, 4.69) is 9.97 Å². The van der Waals surface area contributed by atoms with Crippen LogP contribution in [0, 0.1) is 6.92 Å². The van der Waals surface area contributed by atoms with Gasteiger partial charge in [0.25, 0.3) is 5.91 Å². The minimum Gasteiger partial charge on any atom is -0.370 e. The molecule has 0 unspecified atom stereocenters. The Morgan fingerprint density at radius 1 is 1.27 bits per heavy atom. The maximum Gasteiger partial charge on any atom is 0.255 e. The van der Waals surface area contributed by atoms with Gasteiger partial charge in [-0.15, -0.1) is 0 Å².